The van der Waals surface area contributed by atoms with Crippen LogP contribution in [0.5, 0.6) is 0 Å². The van der Waals surface area contributed by atoms with Crippen LogP contribution < -0.4 is 5.32 Å². The molecular formula is C2H7Cl4NTi. The molecule has 0 radical (unpaired) electrons. The van der Waals surface area contributed by atoms with E-state index in [1.807, 2.05) is 14.1 Å². The molecule has 0 aliphatic rings. The summed E-state index contributed by atoms with van der Waals surface area (Å²) >= 11 is -3.11. The second-order valence-electron chi connectivity index (χ2n) is 0.929. The number of nitrogens with one attached hydrogen (secondary N) is 1. The molecule has 0 atom stereocenters. The van der Waals surface area contributed by atoms with E-state index in [1.54, 1.807) is 0 Å². The molecule has 0 aromatic heterocycles. The predicted molar refractivity (Wildman–Crippen MR) is 38.4 cm³/mol. The standard InChI is InChI=1S/C2H7N.4ClH.Ti/c1-3-2;;;;;/h3H,1-2H3;4*1H;/q;;;;;+4/p-4. The van der Waals surface area contributed by atoms with E-state index in [-0.39, 0.29) is 0 Å². The van der Waals surface area contributed by atoms with Crippen molar-refractivity contribution in [3.05, 3.63) is 0 Å². The fraction of sp³-hybridized carbons (Fsp3) is 1.00. The molecule has 0 aliphatic heterocycles. The normalized spacial score (nSPS) is 9.75. The molecule has 52 valence electrons. The number of rotatable bonds is 0. The van der Waals surface area contributed by atoms with E-state index in [0.29, 0.717) is 0 Å². The second-order valence-corrected chi connectivity index (χ2v) is 16.4. The van der Waals surface area contributed by atoms with Crippen molar-refractivity contribution in [2.45, 2.75) is 0 Å². The zero-order valence-corrected chi connectivity index (χ0v) is 9.10. The summed E-state index contributed by atoms with van der Waals surface area (Å²) in [5.41, 5.74) is 0. The fourth-order valence-electron chi connectivity index (χ4n) is 0. The van der Waals surface area contributed by atoms with Gasteiger partial charge in [-0.3, -0.25) is 0 Å². The van der Waals surface area contributed by atoms with Gasteiger partial charge in [0.05, 0.1) is 0 Å². The van der Waals surface area contributed by atoms with Crippen LogP contribution >= 0.6 is 37.2 Å². The third-order valence-corrected chi connectivity index (χ3v) is 0. The summed E-state index contributed by atoms with van der Waals surface area (Å²) in [6, 6.07) is 0. The van der Waals surface area contributed by atoms with Gasteiger partial charge in [-0.15, -0.1) is 0 Å². The first-order chi connectivity index (χ1) is 3.41. The van der Waals surface area contributed by atoms with Gasteiger partial charge < -0.3 is 5.32 Å². The van der Waals surface area contributed by atoms with Gasteiger partial charge in [0.1, 0.15) is 0 Å². The first-order valence-electron chi connectivity index (χ1n) is 1.76. The van der Waals surface area contributed by atoms with Crippen LogP contribution in [-0.2, 0) is 12.3 Å². The molecule has 0 amide bonds. The first kappa shape index (κ1) is 12.5. The molecule has 0 aliphatic carbocycles. The van der Waals surface area contributed by atoms with E-state index in [4.69, 9.17) is 37.2 Å². The number of hydrogen-bond donors (Lipinski definition) is 1. The SMILES string of the molecule is CNC.[Cl][Ti]([Cl])([Cl])[Cl]. The van der Waals surface area contributed by atoms with E-state index in [9.17, 15) is 0 Å². The molecule has 1 N–H and O–H groups in total. The average Bonchev–Trinajstić information content (AvgIpc) is 1.27. The van der Waals surface area contributed by atoms with Gasteiger partial charge in [-0.25, -0.2) is 0 Å². The topological polar surface area (TPSA) is 12.0 Å². The van der Waals surface area contributed by atoms with Crippen molar-refractivity contribution in [2.75, 3.05) is 14.1 Å². The molecular weight excluding hydrogens is 228 g/mol. The Morgan fingerprint density at radius 3 is 1.00 bits per heavy atom. The van der Waals surface area contributed by atoms with Gasteiger partial charge in [-0.05, 0) is 14.1 Å². The van der Waals surface area contributed by atoms with Crippen molar-refractivity contribution in [3.8, 4) is 0 Å². The molecule has 0 aromatic rings. The van der Waals surface area contributed by atoms with E-state index in [1.165, 1.54) is 0 Å². The van der Waals surface area contributed by atoms with Crippen molar-refractivity contribution in [3.63, 3.8) is 0 Å². The van der Waals surface area contributed by atoms with Gasteiger partial charge in [-0.1, -0.05) is 0 Å². The van der Waals surface area contributed by atoms with Crippen LogP contribution in [0.3, 0.4) is 0 Å². The van der Waals surface area contributed by atoms with E-state index in [2.05, 4.69) is 5.32 Å². The minimum atomic E-state index is -3.11. The van der Waals surface area contributed by atoms with Crippen LogP contribution in [0.4, 0.5) is 0 Å². The Labute approximate surface area is 68.5 Å². The summed E-state index contributed by atoms with van der Waals surface area (Å²) in [4.78, 5) is 0. The Morgan fingerprint density at radius 1 is 1.00 bits per heavy atom. The summed E-state index contributed by atoms with van der Waals surface area (Å²) in [6.07, 6.45) is 0. The summed E-state index contributed by atoms with van der Waals surface area (Å²) in [5.74, 6) is 0. The Kier molecular flexibility index (Phi) is 10.9. The molecule has 0 saturated heterocycles. The quantitative estimate of drug-likeness (QED) is 0.636. The van der Waals surface area contributed by atoms with Crippen molar-refractivity contribution < 1.29 is 12.3 Å². The summed E-state index contributed by atoms with van der Waals surface area (Å²) in [6.45, 7) is 0. The van der Waals surface area contributed by atoms with Crippen LogP contribution in [-0.4, -0.2) is 14.1 Å². The average molecular weight is 235 g/mol. The van der Waals surface area contributed by atoms with Gasteiger partial charge in [0.2, 0.25) is 0 Å². The Bertz CT molecular complexity index is 37.8. The molecule has 1 nitrogen and oxygen atoms in total. The van der Waals surface area contributed by atoms with Crippen molar-refractivity contribution >= 4 is 37.2 Å². The van der Waals surface area contributed by atoms with Crippen LogP contribution in [0.2, 0.25) is 0 Å². The molecule has 0 spiro atoms. The minimum absolute atomic E-state index is 1.88. The summed E-state index contributed by atoms with van der Waals surface area (Å²) in [7, 11) is 23.8. The molecule has 0 unspecified atom stereocenters. The third kappa shape index (κ3) is 109. The number of halogens is 4. The molecule has 0 rings (SSSR count). The summed E-state index contributed by atoms with van der Waals surface area (Å²) in [5, 5.41) is 2.75. The van der Waals surface area contributed by atoms with E-state index >= 15 is 0 Å². The maximum absolute atomic E-state index is 5.01. The summed E-state index contributed by atoms with van der Waals surface area (Å²) < 4.78 is 0. The van der Waals surface area contributed by atoms with Gasteiger partial charge in [0.25, 0.3) is 0 Å². The molecule has 6 heteroatoms. The van der Waals surface area contributed by atoms with Gasteiger partial charge in [0, 0.05) is 0 Å². The zero-order chi connectivity index (χ0) is 7.21. The van der Waals surface area contributed by atoms with Gasteiger partial charge >= 0.3 is 49.6 Å². The Balaban J connectivity index is 0. The second kappa shape index (κ2) is 6.95. The predicted octanol–water partition coefficient (Wildman–Crippen LogP) is 2.59. The van der Waals surface area contributed by atoms with Crippen LogP contribution in [0, 0.1) is 0 Å². The van der Waals surface area contributed by atoms with Gasteiger partial charge in [-0.2, -0.15) is 0 Å². The first-order valence-corrected chi connectivity index (χ1v) is 10.4. The molecule has 0 bridgehead atoms. The van der Waals surface area contributed by atoms with E-state index < -0.39 is 12.3 Å². The van der Waals surface area contributed by atoms with Crippen molar-refractivity contribution in [1.29, 1.82) is 0 Å². The van der Waals surface area contributed by atoms with Crippen LogP contribution in [0.1, 0.15) is 0 Å². The van der Waals surface area contributed by atoms with Crippen LogP contribution in [0.25, 0.3) is 0 Å². The van der Waals surface area contributed by atoms with E-state index in [0.717, 1.165) is 0 Å². The monoisotopic (exact) mass is 233 g/mol. The Morgan fingerprint density at radius 2 is 1.00 bits per heavy atom. The van der Waals surface area contributed by atoms with Gasteiger partial charge in [0.15, 0.2) is 0 Å². The number of hydrogen-bond acceptors (Lipinski definition) is 1. The van der Waals surface area contributed by atoms with Crippen molar-refractivity contribution in [2.24, 2.45) is 0 Å². The fourth-order valence-corrected chi connectivity index (χ4v) is 0. The zero-order valence-electron chi connectivity index (χ0n) is 4.51. The van der Waals surface area contributed by atoms with Crippen molar-refractivity contribution in [1.82, 2.24) is 5.32 Å². The molecule has 0 saturated carbocycles. The van der Waals surface area contributed by atoms with Crippen LogP contribution in [0.15, 0.2) is 0 Å². The molecule has 8 heavy (non-hydrogen) atoms. The third-order valence-electron chi connectivity index (χ3n) is 0. The molecule has 0 heterocycles. The maximum atomic E-state index is 5.01. The Hall–Kier alpha value is 1.83. The molecule has 0 fully saturated rings. The molecule has 0 aromatic carbocycles.